The fourth-order valence-corrected chi connectivity index (χ4v) is 3.33. The van der Waals surface area contributed by atoms with E-state index in [1.807, 2.05) is 13.8 Å². The van der Waals surface area contributed by atoms with Crippen molar-refractivity contribution in [2.24, 2.45) is 33.8 Å². The summed E-state index contributed by atoms with van der Waals surface area (Å²) in [4.78, 5) is 64.7. The summed E-state index contributed by atoms with van der Waals surface area (Å²) < 4.78 is 0. The number of nitrogens with one attached hydrogen (secondary N) is 3. The number of nitrogens with zero attached hydrogens (tertiary/aromatic N) is 1. The molecule has 3 amide bonds. The van der Waals surface area contributed by atoms with Gasteiger partial charge in [0.05, 0.1) is 12.5 Å². The van der Waals surface area contributed by atoms with Gasteiger partial charge in [-0.15, -0.1) is 0 Å². The lowest BCUT2D eigenvalue weighted by molar-refractivity contribution is -0.142. The Hall–Kier alpha value is -3.46. The van der Waals surface area contributed by atoms with E-state index in [9.17, 15) is 29.1 Å². The molecule has 15 nitrogen and oxygen atoms in total. The van der Waals surface area contributed by atoms with Gasteiger partial charge in [-0.25, -0.2) is 4.79 Å². The first-order chi connectivity index (χ1) is 17.3. The minimum atomic E-state index is -1.40. The molecule has 0 aromatic rings. The Balaban J connectivity index is 5.65. The minimum Gasteiger partial charge on any atom is -0.481 e. The summed E-state index contributed by atoms with van der Waals surface area (Å²) >= 11 is 0. The quantitative estimate of drug-likeness (QED) is 0.0480. The van der Waals surface area contributed by atoms with Gasteiger partial charge in [-0.05, 0) is 51.0 Å². The molecule has 0 fully saturated rings. The average Bonchev–Trinajstić information content (AvgIpc) is 2.78. The van der Waals surface area contributed by atoms with Crippen LogP contribution in [-0.2, 0) is 24.0 Å². The maximum absolute atomic E-state index is 13.1. The summed E-state index contributed by atoms with van der Waals surface area (Å²) in [5.74, 6) is -4.94. The number of carbonyl (C=O) groups is 5. The molecule has 0 spiro atoms. The Labute approximate surface area is 216 Å². The number of carboxylic acids is 2. The third kappa shape index (κ3) is 15.3. The number of aliphatic carboxylic acids is 2. The fourth-order valence-electron chi connectivity index (χ4n) is 3.33. The third-order valence-corrected chi connectivity index (χ3v) is 5.21. The van der Waals surface area contributed by atoms with E-state index in [0.717, 1.165) is 0 Å². The first kappa shape index (κ1) is 33.5. The van der Waals surface area contributed by atoms with Gasteiger partial charge in [-0.3, -0.25) is 24.2 Å². The van der Waals surface area contributed by atoms with Crippen LogP contribution in [-0.4, -0.2) is 83.1 Å². The third-order valence-electron chi connectivity index (χ3n) is 5.21. The van der Waals surface area contributed by atoms with Crippen LogP contribution in [0.5, 0.6) is 0 Å². The number of hydrogen-bond donors (Lipinski definition) is 9. The van der Waals surface area contributed by atoms with Crippen molar-refractivity contribution in [1.29, 1.82) is 0 Å². The normalized spacial score (nSPS) is 14.1. The van der Waals surface area contributed by atoms with Crippen LogP contribution in [0.1, 0.15) is 58.8 Å². The second-order valence-corrected chi connectivity index (χ2v) is 9.09. The summed E-state index contributed by atoms with van der Waals surface area (Å²) in [6.45, 7) is 4.14. The van der Waals surface area contributed by atoms with Crippen LogP contribution in [0.2, 0.25) is 0 Å². The van der Waals surface area contributed by atoms with Crippen LogP contribution < -0.4 is 38.9 Å². The zero-order valence-corrected chi connectivity index (χ0v) is 21.4. The Bertz CT molecular complexity index is 802. The molecule has 212 valence electrons. The van der Waals surface area contributed by atoms with Crippen molar-refractivity contribution < 1.29 is 34.2 Å². The monoisotopic (exact) mass is 530 g/mol. The van der Waals surface area contributed by atoms with Crippen molar-refractivity contribution in [3.05, 3.63) is 0 Å². The van der Waals surface area contributed by atoms with Crippen LogP contribution >= 0.6 is 0 Å². The molecular weight excluding hydrogens is 488 g/mol. The summed E-state index contributed by atoms with van der Waals surface area (Å²) in [5.41, 5.74) is 21.7. The molecule has 15 heteroatoms. The summed E-state index contributed by atoms with van der Waals surface area (Å²) in [5, 5.41) is 25.8. The highest BCUT2D eigenvalue weighted by atomic mass is 16.4. The molecule has 0 saturated carbocycles. The molecule has 0 saturated heterocycles. The molecule has 0 aliphatic carbocycles. The van der Waals surface area contributed by atoms with Gasteiger partial charge in [-0.1, -0.05) is 13.8 Å². The van der Waals surface area contributed by atoms with Gasteiger partial charge in [-0.2, -0.15) is 0 Å². The average molecular weight is 531 g/mol. The first-order valence-electron chi connectivity index (χ1n) is 12.1. The number of guanidine groups is 1. The molecule has 0 radical (unpaired) electrons. The molecule has 0 heterocycles. The number of aliphatic imine (C=N–C) groups is 1. The van der Waals surface area contributed by atoms with Crippen LogP contribution in [0, 0.1) is 5.92 Å². The highest BCUT2D eigenvalue weighted by molar-refractivity contribution is 5.94. The molecule has 37 heavy (non-hydrogen) atoms. The SMILES string of the molecule is CC(C)CC(NC(=O)C(CCCCN)NC(=O)C(CCCN=C(N)N)NC(=O)C(N)CC(=O)O)C(=O)O. The Morgan fingerprint density at radius 3 is 1.78 bits per heavy atom. The van der Waals surface area contributed by atoms with Crippen molar-refractivity contribution in [2.75, 3.05) is 13.1 Å². The molecular formula is C22H42N8O7. The van der Waals surface area contributed by atoms with Crippen molar-refractivity contribution in [3.63, 3.8) is 0 Å². The Kier molecular flexibility index (Phi) is 16.2. The Morgan fingerprint density at radius 1 is 0.811 bits per heavy atom. The van der Waals surface area contributed by atoms with Gasteiger partial charge in [0, 0.05) is 6.54 Å². The van der Waals surface area contributed by atoms with E-state index in [-0.39, 0.29) is 44.1 Å². The van der Waals surface area contributed by atoms with E-state index in [2.05, 4.69) is 20.9 Å². The van der Waals surface area contributed by atoms with E-state index in [4.69, 9.17) is 28.0 Å². The van der Waals surface area contributed by atoms with Gasteiger partial charge < -0.3 is 49.1 Å². The topological polar surface area (TPSA) is 278 Å². The van der Waals surface area contributed by atoms with E-state index in [1.54, 1.807) is 0 Å². The van der Waals surface area contributed by atoms with Gasteiger partial charge >= 0.3 is 11.9 Å². The molecule has 13 N–H and O–H groups in total. The molecule has 0 aromatic heterocycles. The summed E-state index contributed by atoms with van der Waals surface area (Å²) in [6.07, 6.45) is 1.08. The number of carbonyl (C=O) groups excluding carboxylic acids is 3. The van der Waals surface area contributed by atoms with Crippen LogP contribution in [0.25, 0.3) is 0 Å². The number of carboxylic acid groups (broad SMARTS) is 2. The highest BCUT2D eigenvalue weighted by Gasteiger charge is 2.30. The van der Waals surface area contributed by atoms with Crippen LogP contribution in [0.15, 0.2) is 4.99 Å². The molecule has 0 aliphatic rings. The maximum Gasteiger partial charge on any atom is 0.326 e. The van der Waals surface area contributed by atoms with Crippen molar-refractivity contribution in [2.45, 2.75) is 83.0 Å². The number of amides is 3. The summed E-state index contributed by atoms with van der Waals surface area (Å²) in [7, 11) is 0. The molecule has 0 aliphatic heterocycles. The smallest absolute Gasteiger partial charge is 0.326 e. The summed E-state index contributed by atoms with van der Waals surface area (Å²) in [6, 6.07) is -4.83. The van der Waals surface area contributed by atoms with Crippen molar-refractivity contribution >= 4 is 35.6 Å². The predicted molar refractivity (Wildman–Crippen MR) is 136 cm³/mol. The number of nitrogens with two attached hydrogens (primary N) is 4. The zero-order valence-electron chi connectivity index (χ0n) is 21.4. The lowest BCUT2D eigenvalue weighted by atomic mass is 10.0. The standard InChI is InChI=1S/C22H42N8O7/c1-12(2)10-16(21(36)37)30-20(35)14(6-3-4-8-23)29-19(34)15(7-5-9-27-22(25)26)28-18(33)13(24)11-17(31)32/h12-16H,3-11,23-24H2,1-2H3,(H,28,33)(H,29,34)(H,30,35)(H,31,32)(H,36,37)(H4,25,26,27). The Morgan fingerprint density at radius 2 is 1.32 bits per heavy atom. The van der Waals surface area contributed by atoms with Gasteiger partial charge in [0.1, 0.15) is 18.1 Å². The van der Waals surface area contributed by atoms with E-state index in [1.165, 1.54) is 0 Å². The number of rotatable bonds is 19. The number of hydrogen-bond acceptors (Lipinski definition) is 8. The van der Waals surface area contributed by atoms with E-state index >= 15 is 0 Å². The van der Waals surface area contributed by atoms with Crippen LogP contribution in [0.4, 0.5) is 0 Å². The zero-order chi connectivity index (χ0) is 28.5. The molecule has 0 aromatic carbocycles. The minimum absolute atomic E-state index is 0.00787. The lowest BCUT2D eigenvalue weighted by Gasteiger charge is -2.25. The largest absolute Gasteiger partial charge is 0.481 e. The molecule has 0 rings (SSSR count). The number of unbranched alkanes of at least 4 members (excludes halogenated alkanes) is 1. The van der Waals surface area contributed by atoms with E-state index < -0.39 is 60.2 Å². The maximum atomic E-state index is 13.1. The van der Waals surface area contributed by atoms with Gasteiger partial charge in [0.25, 0.3) is 0 Å². The van der Waals surface area contributed by atoms with Crippen molar-refractivity contribution in [3.8, 4) is 0 Å². The first-order valence-corrected chi connectivity index (χ1v) is 12.1. The molecule has 0 bridgehead atoms. The lowest BCUT2D eigenvalue weighted by Crippen LogP contribution is -2.57. The van der Waals surface area contributed by atoms with Crippen molar-refractivity contribution in [1.82, 2.24) is 16.0 Å². The second kappa shape index (κ2) is 17.9. The second-order valence-electron chi connectivity index (χ2n) is 9.09. The fraction of sp³-hybridized carbons (Fsp3) is 0.727. The van der Waals surface area contributed by atoms with E-state index in [0.29, 0.717) is 19.4 Å². The van der Waals surface area contributed by atoms with Crippen LogP contribution in [0.3, 0.4) is 0 Å². The van der Waals surface area contributed by atoms with Gasteiger partial charge in [0.15, 0.2) is 5.96 Å². The predicted octanol–water partition coefficient (Wildman–Crippen LogP) is -2.44. The molecule has 4 atom stereocenters. The molecule has 4 unspecified atom stereocenters. The van der Waals surface area contributed by atoms with Gasteiger partial charge in [0.2, 0.25) is 17.7 Å². The highest BCUT2D eigenvalue weighted by Crippen LogP contribution is 2.09.